The minimum atomic E-state index is -0.0833. The molecule has 0 amide bonds. The summed E-state index contributed by atoms with van der Waals surface area (Å²) >= 11 is 0. The molecule has 1 rings (SSSR count). The van der Waals surface area contributed by atoms with Gasteiger partial charge in [0.05, 0.1) is 13.2 Å². The Kier molecular flexibility index (Phi) is 7.56. The molecule has 4 heteroatoms. The summed E-state index contributed by atoms with van der Waals surface area (Å²) in [5.41, 5.74) is 2.01. The van der Waals surface area contributed by atoms with Crippen LogP contribution in [0.5, 0.6) is 11.5 Å². The number of aliphatic hydroxyl groups excluding tert-OH is 2. The van der Waals surface area contributed by atoms with Crippen LogP contribution >= 0.6 is 0 Å². The van der Waals surface area contributed by atoms with E-state index in [1.807, 2.05) is 0 Å². The zero-order valence-electron chi connectivity index (χ0n) is 16.1. The van der Waals surface area contributed by atoms with E-state index >= 15 is 0 Å². The third kappa shape index (κ3) is 5.99. The summed E-state index contributed by atoms with van der Waals surface area (Å²) in [6.07, 6.45) is 1.23. The largest absolute Gasteiger partial charge is 0.493 e. The molecule has 1 aromatic carbocycles. The van der Waals surface area contributed by atoms with Gasteiger partial charge in [0.2, 0.25) is 0 Å². The van der Waals surface area contributed by atoms with Crippen LogP contribution in [0, 0.1) is 0 Å². The Bertz CT molecular complexity index is 462. The average molecular weight is 338 g/mol. The number of aliphatic hydroxyl groups is 2. The van der Waals surface area contributed by atoms with Crippen LogP contribution in [-0.4, -0.2) is 36.6 Å². The van der Waals surface area contributed by atoms with Crippen LogP contribution < -0.4 is 9.47 Å². The summed E-state index contributed by atoms with van der Waals surface area (Å²) in [6, 6.07) is 4.15. The molecule has 0 heterocycles. The number of benzene rings is 1. The van der Waals surface area contributed by atoms with E-state index in [1.165, 1.54) is 0 Å². The first kappa shape index (κ1) is 20.8. The first-order valence-corrected chi connectivity index (χ1v) is 8.77. The lowest BCUT2D eigenvalue weighted by Gasteiger charge is -2.29. The third-order valence-corrected chi connectivity index (χ3v) is 3.82. The predicted molar refractivity (Wildman–Crippen MR) is 98.2 cm³/mol. The molecular formula is C20H34O4. The molecule has 0 saturated heterocycles. The first-order chi connectivity index (χ1) is 11.1. The smallest absolute Gasteiger partial charge is 0.123 e. The minimum absolute atomic E-state index is 0.0833. The molecule has 0 aliphatic heterocycles. The van der Waals surface area contributed by atoms with Crippen molar-refractivity contribution in [2.45, 2.75) is 65.2 Å². The SMILES string of the molecule is CC(C)(C)c1cc(OCCCO)c(C(C)(C)C)cc1OCCCO. The van der Waals surface area contributed by atoms with Crippen molar-refractivity contribution in [3.63, 3.8) is 0 Å². The Morgan fingerprint density at radius 3 is 1.29 bits per heavy atom. The Morgan fingerprint density at radius 2 is 1.04 bits per heavy atom. The van der Waals surface area contributed by atoms with E-state index in [0.717, 1.165) is 22.6 Å². The molecule has 24 heavy (non-hydrogen) atoms. The first-order valence-electron chi connectivity index (χ1n) is 8.77. The molecule has 0 spiro atoms. The Morgan fingerprint density at radius 1 is 0.708 bits per heavy atom. The molecular weight excluding hydrogens is 304 g/mol. The monoisotopic (exact) mass is 338 g/mol. The number of hydrogen-bond donors (Lipinski definition) is 2. The van der Waals surface area contributed by atoms with Crippen molar-refractivity contribution in [1.82, 2.24) is 0 Å². The molecule has 0 bridgehead atoms. The summed E-state index contributed by atoms with van der Waals surface area (Å²) in [4.78, 5) is 0. The topological polar surface area (TPSA) is 58.9 Å². The van der Waals surface area contributed by atoms with E-state index in [4.69, 9.17) is 19.7 Å². The normalized spacial score (nSPS) is 12.3. The highest BCUT2D eigenvalue weighted by molar-refractivity contribution is 5.51. The second kappa shape index (κ2) is 8.72. The van der Waals surface area contributed by atoms with Gasteiger partial charge in [-0.15, -0.1) is 0 Å². The van der Waals surface area contributed by atoms with Gasteiger partial charge in [-0.1, -0.05) is 41.5 Å². The summed E-state index contributed by atoms with van der Waals surface area (Å²) in [5.74, 6) is 1.71. The van der Waals surface area contributed by atoms with Gasteiger partial charge in [-0.25, -0.2) is 0 Å². The molecule has 138 valence electrons. The fourth-order valence-corrected chi connectivity index (χ4v) is 2.46. The van der Waals surface area contributed by atoms with Crippen LogP contribution in [0.2, 0.25) is 0 Å². The highest BCUT2D eigenvalue weighted by atomic mass is 16.5. The molecule has 0 fully saturated rings. The molecule has 2 N–H and O–H groups in total. The van der Waals surface area contributed by atoms with E-state index in [0.29, 0.717) is 26.1 Å². The van der Waals surface area contributed by atoms with Crippen molar-refractivity contribution >= 4 is 0 Å². The van der Waals surface area contributed by atoms with Crippen LogP contribution in [0.3, 0.4) is 0 Å². The lowest BCUT2D eigenvalue weighted by molar-refractivity contribution is 0.225. The number of hydrogen-bond acceptors (Lipinski definition) is 4. The average Bonchev–Trinajstić information content (AvgIpc) is 2.46. The minimum Gasteiger partial charge on any atom is -0.493 e. The second-order valence-electron chi connectivity index (χ2n) is 8.20. The fraction of sp³-hybridized carbons (Fsp3) is 0.700. The highest BCUT2D eigenvalue weighted by Crippen LogP contribution is 2.41. The zero-order valence-corrected chi connectivity index (χ0v) is 16.1. The fourth-order valence-electron chi connectivity index (χ4n) is 2.46. The molecule has 4 nitrogen and oxygen atoms in total. The molecule has 0 aliphatic carbocycles. The van der Waals surface area contributed by atoms with E-state index in [1.54, 1.807) is 0 Å². The van der Waals surface area contributed by atoms with E-state index in [2.05, 4.69) is 53.7 Å². The molecule has 0 aromatic heterocycles. The van der Waals surface area contributed by atoms with Crippen molar-refractivity contribution in [1.29, 1.82) is 0 Å². The predicted octanol–water partition coefficient (Wildman–Crippen LogP) is 3.80. The van der Waals surface area contributed by atoms with Crippen LogP contribution in [-0.2, 0) is 10.8 Å². The third-order valence-electron chi connectivity index (χ3n) is 3.82. The van der Waals surface area contributed by atoms with Crippen molar-refractivity contribution < 1.29 is 19.7 Å². The summed E-state index contributed by atoms with van der Waals surface area (Å²) in [5, 5.41) is 18.0. The maximum absolute atomic E-state index is 9.00. The quantitative estimate of drug-likeness (QED) is 0.708. The standard InChI is InChI=1S/C20H34O4/c1-19(2,3)15-13-18(24-12-8-10-22)16(20(4,5)6)14-17(15)23-11-7-9-21/h13-14,21-22H,7-12H2,1-6H3. The van der Waals surface area contributed by atoms with Gasteiger partial charge in [-0.3, -0.25) is 0 Å². The van der Waals surface area contributed by atoms with Crippen molar-refractivity contribution in [2.24, 2.45) is 0 Å². The second-order valence-corrected chi connectivity index (χ2v) is 8.20. The van der Waals surface area contributed by atoms with Gasteiger partial charge in [0.1, 0.15) is 11.5 Å². The van der Waals surface area contributed by atoms with Crippen LogP contribution in [0.1, 0.15) is 65.5 Å². The van der Waals surface area contributed by atoms with Crippen LogP contribution in [0.15, 0.2) is 12.1 Å². The highest BCUT2D eigenvalue weighted by Gasteiger charge is 2.26. The van der Waals surface area contributed by atoms with Crippen molar-refractivity contribution in [2.75, 3.05) is 26.4 Å². The van der Waals surface area contributed by atoms with E-state index in [9.17, 15) is 0 Å². The van der Waals surface area contributed by atoms with Gasteiger partial charge in [-0.2, -0.15) is 0 Å². The van der Waals surface area contributed by atoms with Crippen LogP contribution in [0.25, 0.3) is 0 Å². The summed E-state index contributed by atoms with van der Waals surface area (Å²) in [7, 11) is 0. The Balaban J connectivity index is 3.31. The molecule has 0 radical (unpaired) electrons. The molecule has 1 aromatic rings. The number of rotatable bonds is 8. The number of ether oxygens (including phenoxy) is 2. The maximum atomic E-state index is 9.00. The van der Waals surface area contributed by atoms with Gasteiger partial charge in [0.15, 0.2) is 0 Å². The summed E-state index contributed by atoms with van der Waals surface area (Å²) in [6.45, 7) is 14.1. The Hall–Kier alpha value is -1.26. The lowest BCUT2D eigenvalue weighted by Crippen LogP contribution is -2.19. The molecule has 0 atom stereocenters. The van der Waals surface area contributed by atoms with Gasteiger partial charge >= 0.3 is 0 Å². The molecule has 0 saturated carbocycles. The lowest BCUT2D eigenvalue weighted by atomic mass is 9.81. The van der Waals surface area contributed by atoms with E-state index in [-0.39, 0.29) is 24.0 Å². The van der Waals surface area contributed by atoms with Crippen molar-refractivity contribution in [3.8, 4) is 11.5 Å². The summed E-state index contributed by atoms with van der Waals surface area (Å²) < 4.78 is 11.9. The maximum Gasteiger partial charge on any atom is 0.123 e. The molecule has 0 aliphatic rings. The zero-order chi connectivity index (χ0) is 18.4. The van der Waals surface area contributed by atoms with Crippen molar-refractivity contribution in [3.05, 3.63) is 23.3 Å². The van der Waals surface area contributed by atoms with Crippen LogP contribution in [0.4, 0.5) is 0 Å². The molecule has 0 unspecified atom stereocenters. The van der Waals surface area contributed by atoms with Gasteiger partial charge in [0, 0.05) is 37.2 Å². The Labute approximate surface area is 146 Å². The van der Waals surface area contributed by atoms with Gasteiger partial charge in [-0.05, 0) is 23.0 Å². The van der Waals surface area contributed by atoms with Gasteiger partial charge in [0.25, 0.3) is 0 Å². The van der Waals surface area contributed by atoms with Gasteiger partial charge < -0.3 is 19.7 Å². The van der Waals surface area contributed by atoms with E-state index < -0.39 is 0 Å².